The minimum Gasteiger partial charge on any atom is -0.325 e. The Hall–Kier alpha value is -1.90. The zero-order valence-electron chi connectivity index (χ0n) is 11.1. The molecule has 0 aliphatic carbocycles. The molecule has 1 aliphatic rings. The van der Waals surface area contributed by atoms with Gasteiger partial charge in [0.1, 0.15) is 12.1 Å². The summed E-state index contributed by atoms with van der Waals surface area (Å²) in [5, 5.41) is 0. The predicted molar refractivity (Wildman–Crippen MR) is 73.4 cm³/mol. The first-order chi connectivity index (χ1) is 8.66. The lowest BCUT2D eigenvalue weighted by Gasteiger charge is -2.20. The van der Waals surface area contributed by atoms with Crippen molar-refractivity contribution >= 4 is 11.5 Å². The Morgan fingerprint density at radius 1 is 1.11 bits per heavy atom. The van der Waals surface area contributed by atoms with E-state index in [2.05, 4.69) is 46.9 Å². The van der Waals surface area contributed by atoms with Crippen molar-refractivity contribution in [1.82, 2.24) is 9.97 Å². The SMILES string of the molecule is Cc1ccc2c(c1)CCN2c1ncnc(C)c1C. The van der Waals surface area contributed by atoms with Crippen LogP contribution in [0.5, 0.6) is 0 Å². The Bertz CT molecular complexity index is 605. The van der Waals surface area contributed by atoms with E-state index in [0.717, 1.165) is 24.5 Å². The van der Waals surface area contributed by atoms with Crippen LogP contribution in [-0.2, 0) is 6.42 Å². The summed E-state index contributed by atoms with van der Waals surface area (Å²) in [6.45, 7) is 7.28. The lowest BCUT2D eigenvalue weighted by atomic mass is 10.1. The summed E-state index contributed by atoms with van der Waals surface area (Å²) in [5.41, 5.74) is 6.27. The molecule has 0 radical (unpaired) electrons. The topological polar surface area (TPSA) is 29.0 Å². The molecular weight excluding hydrogens is 222 g/mol. The quantitative estimate of drug-likeness (QED) is 0.765. The van der Waals surface area contributed by atoms with Crippen molar-refractivity contribution in [3.8, 4) is 0 Å². The van der Waals surface area contributed by atoms with Crippen LogP contribution in [0.15, 0.2) is 24.5 Å². The molecule has 0 N–H and O–H groups in total. The third-order valence-corrected chi connectivity index (χ3v) is 3.70. The standard InChI is InChI=1S/C15H17N3/c1-10-4-5-14-13(8-10)6-7-18(14)15-11(2)12(3)16-9-17-15/h4-5,8-9H,6-7H2,1-3H3. The van der Waals surface area contributed by atoms with Crippen molar-refractivity contribution in [2.24, 2.45) is 0 Å². The largest absolute Gasteiger partial charge is 0.325 e. The number of hydrogen-bond acceptors (Lipinski definition) is 3. The maximum absolute atomic E-state index is 4.46. The third kappa shape index (κ3) is 1.67. The first kappa shape index (κ1) is 11.2. The first-order valence-corrected chi connectivity index (χ1v) is 6.32. The molecule has 2 heterocycles. The van der Waals surface area contributed by atoms with E-state index in [1.54, 1.807) is 6.33 Å². The summed E-state index contributed by atoms with van der Waals surface area (Å²) in [6, 6.07) is 6.65. The van der Waals surface area contributed by atoms with Gasteiger partial charge in [0.2, 0.25) is 0 Å². The Balaban J connectivity index is 2.09. The van der Waals surface area contributed by atoms with Crippen molar-refractivity contribution in [3.63, 3.8) is 0 Å². The van der Waals surface area contributed by atoms with Crippen molar-refractivity contribution in [2.45, 2.75) is 27.2 Å². The molecule has 1 aromatic carbocycles. The number of rotatable bonds is 1. The summed E-state index contributed by atoms with van der Waals surface area (Å²) in [7, 11) is 0. The first-order valence-electron chi connectivity index (χ1n) is 6.32. The highest BCUT2D eigenvalue weighted by Crippen LogP contribution is 2.35. The van der Waals surface area contributed by atoms with Crippen LogP contribution in [0.25, 0.3) is 0 Å². The van der Waals surface area contributed by atoms with Gasteiger partial charge in [-0.1, -0.05) is 17.7 Å². The summed E-state index contributed by atoms with van der Waals surface area (Å²) in [5.74, 6) is 1.05. The van der Waals surface area contributed by atoms with Gasteiger partial charge >= 0.3 is 0 Å². The monoisotopic (exact) mass is 239 g/mol. The highest BCUT2D eigenvalue weighted by Gasteiger charge is 2.23. The molecule has 0 amide bonds. The number of aryl methyl sites for hydroxylation is 2. The summed E-state index contributed by atoms with van der Waals surface area (Å²) in [6.07, 6.45) is 2.75. The van der Waals surface area contributed by atoms with E-state index in [4.69, 9.17) is 0 Å². The van der Waals surface area contributed by atoms with E-state index in [1.807, 2.05) is 6.92 Å². The molecule has 2 aromatic rings. The van der Waals surface area contributed by atoms with Gasteiger partial charge in [0.05, 0.1) is 0 Å². The zero-order chi connectivity index (χ0) is 12.7. The fourth-order valence-corrected chi connectivity index (χ4v) is 2.55. The Morgan fingerprint density at radius 2 is 1.94 bits per heavy atom. The van der Waals surface area contributed by atoms with Crippen LogP contribution in [-0.4, -0.2) is 16.5 Å². The van der Waals surface area contributed by atoms with Gasteiger partial charge in [-0.15, -0.1) is 0 Å². The zero-order valence-corrected chi connectivity index (χ0v) is 11.1. The molecule has 3 nitrogen and oxygen atoms in total. The molecule has 18 heavy (non-hydrogen) atoms. The maximum atomic E-state index is 4.46. The average molecular weight is 239 g/mol. The van der Waals surface area contributed by atoms with Crippen LogP contribution in [0.3, 0.4) is 0 Å². The second kappa shape index (κ2) is 4.09. The molecule has 0 atom stereocenters. The number of anilines is 2. The van der Waals surface area contributed by atoms with Gasteiger partial charge in [-0.3, -0.25) is 0 Å². The number of aromatic nitrogens is 2. The molecule has 3 rings (SSSR count). The molecule has 0 saturated carbocycles. The van der Waals surface area contributed by atoms with Crippen LogP contribution in [0.4, 0.5) is 11.5 Å². The summed E-state index contributed by atoms with van der Waals surface area (Å²) < 4.78 is 0. The van der Waals surface area contributed by atoms with E-state index >= 15 is 0 Å². The molecule has 1 aliphatic heterocycles. The second-order valence-corrected chi connectivity index (χ2v) is 4.94. The minimum absolute atomic E-state index is 1.01. The average Bonchev–Trinajstić information content (AvgIpc) is 2.75. The third-order valence-electron chi connectivity index (χ3n) is 3.70. The van der Waals surface area contributed by atoms with E-state index in [0.29, 0.717) is 0 Å². The molecule has 0 unspecified atom stereocenters. The van der Waals surface area contributed by atoms with Gasteiger partial charge in [-0.05, 0) is 38.8 Å². The van der Waals surface area contributed by atoms with Crippen molar-refractivity contribution in [2.75, 3.05) is 11.4 Å². The molecule has 0 saturated heterocycles. The van der Waals surface area contributed by atoms with E-state index in [-0.39, 0.29) is 0 Å². The highest BCUT2D eigenvalue weighted by molar-refractivity contribution is 5.70. The van der Waals surface area contributed by atoms with Gasteiger partial charge < -0.3 is 4.90 Å². The van der Waals surface area contributed by atoms with Crippen LogP contribution in [0.1, 0.15) is 22.4 Å². The Morgan fingerprint density at radius 3 is 2.78 bits per heavy atom. The van der Waals surface area contributed by atoms with Crippen LogP contribution < -0.4 is 4.90 Å². The van der Waals surface area contributed by atoms with Crippen LogP contribution >= 0.6 is 0 Å². The number of benzene rings is 1. The van der Waals surface area contributed by atoms with E-state index in [9.17, 15) is 0 Å². The van der Waals surface area contributed by atoms with Crippen LogP contribution in [0.2, 0.25) is 0 Å². The number of hydrogen-bond donors (Lipinski definition) is 0. The van der Waals surface area contributed by atoms with Gasteiger partial charge in [0.25, 0.3) is 0 Å². The van der Waals surface area contributed by atoms with Gasteiger partial charge in [-0.25, -0.2) is 9.97 Å². The number of nitrogens with zero attached hydrogens (tertiary/aromatic N) is 3. The molecule has 0 bridgehead atoms. The second-order valence-electron chi connectivity index (χ2n) is 4.94. The smallest absolute Gasteiger partial charge is 0.139 e. The molecule has 92 valence electrons. The molecule has 0 spiro atoms. The van der Waals surface area contributed by atoms with Gasteiger partial charge in [-0.2, -0.15) is 0 Å². The minimum atomic E-state index is 1.01. The molecular formula is C15H17N3. The molecule has 0 fully saturated rings. The summed E-state index contributed by atoms with van der Waals surface area (Å²) >= 11 is 0. The van der Waals surface area contributed by atoms with Crippen molar-refractivity contribution < 1.29 is 0 Å². The molecule has 1 aromatic heterocycles. The fraction of sp³-hybridized carbons (Fsp3) is 0.333. The maximum Gasteiger partial charge on any atom is 0.139 e. The normalized spacial score (nSPS) is 13.8. The van der Waals surface area contributed by atoms with Crippen LogP contribution in [0, 0.1) is 20.8 Å². The number of fused-ring (bicyclic) bond motifs is 1. The summed E-state index contributed by atoms with van der Waals surface area (Å²) in [4.78, 5) is 11.0. The van der Waals surface area contributed by atoms with E-state index in [1.165, 1.54) is 22.4 Å². The fourth-order valence-electron chi connectivity index (χ4n) is 2.55. The van der Waals surface area contributed by atoms with E-state index < -0.39 is 0 Å². The van der Waals surface area contributed by atoms with Gasteiger partial charge in [0, 0.05) is 23.5 Å². The Kier molecular flexibility index (Phi) is 2.54. The lowest BCUT2D eigenvalue weighted by molar-refractivity contribution is 0.942. The molecule has 3 heteroatoms. The Labute approximate surface area is 108 Å². The van der Waals surface area contributed by atoms with Crippen molar-refractivity contribution in [3.05, 3.63) is 46.9 Å². The van der Waals surface area contributed by atoms with Gasteiger partial charge in [0.15, 0.2) is 0 Å². The lowest BCUT2D eigenvalue weighted by Crippen LogP contribution is -2.16. The predicted octanol–water partition coefficient (Wildman–Crippen LogP) is 3.10. The van der Waals surface area contributed by atoms with Crippen molar-refractivity contribution in [1.29, 1.82) is 0 Å². The highest BCUT2D eigenvalue weighted by atomic mass is 15.2.